The first-order valence-corrected chi connectivity index (χ1v) is 5.76. The zero-order valence-electron chi connectivity index (χ0n) is 9.69. The van der Waals surface area contributed by atoms with Crippen molar-refractivity contribution >= 4 is 15.9 Å². The van der Waals surface area contributed by atoms with Crippen LogP contribution in [-0.2, 0) is 5.54 Å². The molecule has 0 saturated heterocycles. The van der Waals surface area contributed by atoms with Crippen molar-refractivity contribution in [2.45, 2.75) is 40.2 Å². The molecule has 2 heteroatoms. The van der Waals surface area contributed by atoms with Crippen molar-refractivity contribution in [2.75, 3.05) is 0 Å². The zero-order chi connectivity index (χ0) is 11.4. The predicted molar refractivity (Wildman–Crippen MR) is 67.4 cm³/mol. The lowest BCUT2D eigenvalue weighted by atomic mass is 9.94. The molecule has 0 aliphatic rings. The summed E-state index contributed by atoms with van der Waals surface area (Å²) in [6.07, 6.45) is 0. The second-order valence-electron chi connectivity index (χ2n) is 3.66. The van der Waals surface area contributed by atoms with E-state index in [9.17, 15) is 0 Å². The molecule has 0 atom stereocenters. The van der Waals surface area contributed by atoms with Crippen molar-refractivity contribution in [3.8, 4) is 0 Å². The van der Waals surface area contributed by atoms with Crippen LogP contribution in [0.3, 0.4) is 0 Å². The third kappa shape index (κ3) is 3.43. The Morgan fingerprint density at radius 3 is 2.07 bits per heavy atom. The minimum absolute atomic E-state index is 0.273. The third-order valence-electron chi connectivity index (χ3n) is 1.89. The molecule has 0 aliphatic heterocycles. The summed E-state index contributed by atoms with van der Waals surface area (Å²) in [7, 11) is 0. The van der Waals surface area contributed by atoms with Gasteiger partial charge in [0.25, 0.3) is 0 Å². The van der Waals surface area contributed by atoms with Crippen molar-refractivity contribution in [3.05, 3.63) is 33.8 Å². The lowest BCUT2D eigenvalue weighted by Crippen LogP contribution is -2.29. The summed E-state index contributed by atoms with van der Waals surface area (Å²) in [6.45, 7) is 10.1. The van der Waals surface area contributed by atoms with Crippen molar-refractivity contribution in [1.82, 2.24) is 0 Å². The summed E-state index contributed by atoms with van der Waals surface area (Å²) < 4.78 is 1.12. The Bertz CT molecular complexity index is 287. The molecule has 0 amide bonds. The van der Waals surface area contributed by atoms with Gasteiger partial charge in [-0.1, -0.05) is 48.0 Å². The van der Waals surface area contributed by atoms with Crippen LogP contribution in [0.1, 0.15) is 38.8 Å². The molecule has 0 bridgehead atoms. The SMILES string of the molecule is CC.Cc1cccc(C(C)(C)N)c1Br. The molecule has 80 valence electrons. The highest BCUT2D eigenvalue weighted by atomic mass is 79.9. The van der Waals surface area contributed by atoms with E-state index in [0.717, 1.165) is 10.0 Å². The molecule has 1 aromatic rings. The fourth-order valence-corrected chi connectivity index (χ4v) is 1.92. The van der Waals surface area contributed by atoms with Gasteiger partial charge in [0, 0.05) is 10.0 Å². The van der Waals surface area contributed by atoms with Crippen LogP contribution < -0.4 is 5.73 Å². The zero-order valence-corrected chi connectivity index (χ0v) is 11.3. The Balaban J connectivity index is 0.000000791. The van der Waals surface area contributed by atoms with Gasteiger partial charge in [0.05, 0.1) is 0 Å². The largest absolute Gasteiger partial charge is 0.322 e. The molecule has 0 heterocycles. The van der Waals surface area contributed by atoms with Crippen LogP contribution in [0.5, 0.6) is 0 Å². The van der Waals surface area contributed by atoms with Crippen LogP contribution in [0.2, 0.25) is 0 Å². The summed E-state index contributed by atoms with van der Waals surface area (Å²) in [5.41, 5.74) is 8.11. The minimum Gasteiger partial charge on any atom is -0.322 e. The number of nitrogens with two attached hydrogens (primary N) is 1. The number of benzene rings is 1. The van der Waals surface area contributed by atoms with Crippen LogP contribution in [0.15, 0.2) is 22.7 Å². The molecule has 2 N–H and O–H groups in total. The van der Waals surface area contributed by atoms with E-state index < -0.39 is 0 Å². The van der Waals surface area contributed by atoms with Gasteiger partial charge in [-0.05, 0) is 31.9 Å². The number of halogens is 1. The fraction of sp³-hybridized carbons (Fsp3) is 0.500. The Morgan fingerprint density at radius 2 is 1.71 bits per heavy atom. The number of hydrogen-bond donors (Lipinski definition) is 1. The number of aryl methyl sites for hydroxylation is 1. The second kappa shape index (κ2) is 5.52. The monoisotopic (exact) mass is 257 g/mol. The van der Waals surface area contributed by atoms with Gasteiger partial charge in [-0.15, -0.1) is 0 Å². The Kier molecular flexibility index (Phi) is 5.38. The maximum Gasteiger partial charge on any atom is 0.0363 e. The lowest BCUT2D eigenvalue weighted by molar-refractivity contribution is 0.551. The first-order chi connectivity index (χ1) is 6.43. The lowest BCUT2D eigenvalue weighted by Gasteiger charge is -2.21. The molecule has 0 fully saturated rings. The van der Waals surface area contributed by atoms with Gasteiger partial charge in [0.1, 0.15) is 0 Å². The van der Waals surface area contributed by atoms with E-state index >= 15 is 0 Å². The van der Waals surface area contributed by atoms with Crippen molar-refractivity contribution in [1.29, 1.82) is 0 Å². The number of hydrogen-bond acceptors (Lipinski definition) is 1. The smallest absolute Gasteiger partial charge is 0.0363 e. The Labute approximate surface area is 95.8 Å². The van der Waals surface area contributed by atoms with Gasteiger partial charge in [0.15, 0.2) is 0 Å². The molecule has 1 nitrogen and oxygen atoms in total. The molecule has 0 aromatic heterocycles. The standard InChI is InChI=1S/C10H14BrN.C2H6/c1-7-5-4-6-8(9(7)11)10(2,3)12;1-2/h4-6H,12H2,1-3H3;1-2H3. The predicted octanol–water partition coefficient (Wildman–Crippen LogP) is 3.98. The van der Waals surface area contributed by atoms with Crippen molar-refractivity contribution < 1.29 is 0 Å². The van der Waals surface area contributed by atoms with E-state index in [1.807, 2.05) is 33.8 Å². The van der Waals surface area contributed by atoms with E-state index in [0.29, 0.717) is 0 Å². The quantitative estimate of drug-likeness (QED) is 0.810. The molecular formula is C12H20BrN. The molecule has 0 aliphatic carbocycles. The highest BCUT2D eigenvalue weighted by molar-refractivity contribution is 9.10. The van der Waals surface area contributed by atoms with Crippen LogP contribution in [0, 0.1) is 6.92 Å². The first-order valence-electron chi connectivity index (χ1n) is 4.97. The van der Waals surface area contributed by atoms with Gasteiger partial charge in [-0.2, -0.15) is 0 Å². The average molecular weight is 258 g/mol. The summed E-state index contributed by atoms with van der Waals surface area (Å²) in [5, 5.41) is 0. The molecular weight excluding hydrogens is 238 g/mol. The Morgan fingerprint density at radius 1 is 1.21 bits per heavy atom. The van der Waals surface area contributed by atoms with Gasteiger partial charge < -0.3 is 5.73 Å². The summed E-state index contributed by atoms with van der Waals surface area (Å²) in [6, 6.07) is 6.15. The van der Waals surface area contributed by atoms with Crippen LogP contribution >= 0.6 is 15.9 Å². The van der Waals surface area contributed by atoms with E-state index in [1.165, 1.54) is 5.56 Å². The summed E-state index contributed by atoms with van der Waals surface area (Å²) >= 11 is 3.54. The van der Waals surface area contributed by atoms with Gasteiger partial charge in [-0.25, -0.2) is 0 Å². The van der Waals surface area contributed by atoms with Crippen molar-refractivity contribution in [3.63, 3.8) is 0 Å². The summed E-state index contributed by atoms with van der Waals surface area (Å²) in [4.78, 5) is 0. The molecule has 1 rings (SSSR count). The van der Waals surface area contributed by atoms with E-state index in [4.69, 9.17) is 5.73 Å². The average Bonchev–Trinajstić information content (AvgIpc) is 2.11. The molecule has 1 aromatic carbocycles. The van der Waals surface area contributed by atoms with Gasteiger partial charge in [0.2, 0.25) is 0 Å². The summed E-state index contributed by atoms with van der Waals surface area (Å²) in [5.74, 6) is 0. The molecule has 0 unspecified atom stereocenters. The first kappa shape index (κ1) is 13.7. The second-order valence-corrected chi connectivity index (χ2v) is 4.45. The molecule has 0 spiro atoms. The maximum atomic E-state index is 6.00. The number of rotatable bonds is 1. The van der Waals surface area contributed by atoms with Gasteiger partial charge in [-0.3, -0.25) is 0 Å². The fourth-order valence-electron chi connectivity index (χ4n) is 1.15. The van der Waals surface area contributed by atoms with Crippen LogP contribution in [0.4, 0.5) is 0 Å². The Hall–Kier alpha value is -0.340. The highest BCUT2D eigenvalue weighted by Gasteiger charge is 2.17. The van der Waals surface area contributed by atoms with E-state index in [-0.39, 0.29) is 5.54 Å². The van der Waals surface area contributed by atoms with Gasteiger partial charge >= 0.3 is 0 Å². The van der Waals surface area contributed by atoms with E-state index in [1.54, 1.807) is 0 Å². The van der Waals surface area contributed by atoms with Crippen LogP contribution in [-0.4, -0.2) is 0 Å². The topological polar surface area (TPSA) is 26.0 Å². The minimum atomic E-state index is -0.273. The molecule has 14 heavy (non-hydrogen) atoms. The van der Waals surface area contributed by atoms with Crippen LogP contribution in [0.25, 0.3) is 0 Å². The molecule has 0 radical (unpaired) electrons. The third-order valence-corrected chi connectivity index (χ3v) is 2.94. The highest BCUT2D eigenvalue weighted by Crippen LogP contribution is 2.28. The maximum absolute atomic E-state index is 6.00. The normalized spacial score (nSPS) is 10.5. The van der Waals surface area contributed by atoms with E-state index in [2.05, 4.69) is 35.0 Å². The van der Waals surface area contributed by atoms with Crippen molar-refractivity contribution in [2.24, 2.45) is 5.73 Å². The molecule has 0 saturated carbocycles.